The van der Waals surface area contributed by atoms with Crippen LogP contribution in [-0.2, 0) is 11.2 Å². The molecule has 4 heteroatoms. The van der Waals surface area contributed by atoms with E-state index in [1.807, 2.05) is 51.2 Å². The third kappa shape index (κ3) is 7.01. The van der Waals surface area contributed by atoms with Gasteiger partial charge in [0.15, 0.2) is 0 Å². The Morgan fingerprint density at radius 3 is 2.50 bits per heavy atom. The highest BCUT2D eigenvalue weighted by molar-refractivity contribution is 5.16. The first-order chi connectivity index (χ1) is 9.49. The van der Waals surface area contributed by atoms with Gasteiger partial charge in [-0.2, -0.15) is 0 Å². The lowest BCUT2D eigenvalue weighted by molar-refractivity contribution is 0.0476. The SMILES string of the molecule is CC(C)OCCN(C)CC(O)C(N)Cc1ccccc1. The summed E-state index contributed by atoms with van der Waals surface area (Å²) in [5.41, 5.74) is 7.22. The summed E-state index contributed by atoms with van der Waals surface area (Å²) in [6, 6.07) is 9.78. The van der Waals surface area contributed by atoms with Gasteiger partial charge < -0.3 is 20.5 Å². The summed E-state index contributed by atoms with van der Waals surface area (Å²) in [6.07, 6.45) is 0.408. The van der Waals surface area contributed by atoms with E-state index in [2.05, 4.69) is 4.90 Å². The fourth-order valence-corrected chi connectivity index (χ4v) is 2.01. The second kappa shape index (κ2) is 9.08. The van der Waals surface area contributed by atoms with Gasteiger partial charge in [-0.1, -0.05) is 30.3 Å². The van der Waals surface area contributed by atoms with E-state index in [1.54, 1.807) is 0 Å². The molecule has 1 aromatic carbocycles. The van der Waals surface area contributed by atoms with Gasteiger partial charge in [0, 0.05) is 19.1 Å². The summed E-state index contributed by atoms with van der Waals surface area (Å²) >= 11 is 0. The topological polar surface area (TPSA) is 58.7 Å². The van der Waals surface area contributed by atoms with E-state index in [9.17, 15) is 5.11 Å². The van der Waals surface area contributed by atoms with E-state index in [4.69, 9.17) is 10.5 Å². The number of hydrogen-bond donors (Lipinski definition) is 2. The third-order valence-corrected chi connectivity index (χ3v) is 3.23. The van der Waals surface area contributed by atoms with Crippen LogP contribution >= 0.6 is 0 Å². The van der Waals surface area contributed by atoms with Crippen LogP contribution in [0.4, 0.5) is 0 Å². The summed E-state index contributed by atoms with van der Waals surface area (Å²) in [5, 5.41) is 10.2. The Kier molecular flexibility index (Phi) is 7.77. The Balaban J connectivity index is 2.28. The molecule has 0 aliphatic rings. The number of aliphatic hydroxyl groups excluding tert-OH is 1. The molecule has 1 aromatic rings. The van der Waals surface area contributed by atoms with Crippen molar-refractivity contribution < 1.29 is 9.84 Å². The van der Waals surface area contributed by atoms with E-state index < -0.39 is 6.10 Å². The average molecular weight is 280 g/mol. The standard InChI is InChI=1S/C16H28N2O2/c1-13(2)20-10-9-18(3)12-16(19)15(17)11-14-7-5-4-6-8-14/h4-8,13,15-16,19H,9-12,17H2,1-3H3. The van der Waals surface area contributed by atoms with E-state index in [0.29, 0.717) is 19.6 Å². The van der Waals surface area contributed by atoms with Crippen molar-refractivity contribution in [3.63, 3.8) is 0 Å². The van der Waals surface area contributed by atoms with Gasteiger partial charge in [0.1, 0.15) is 0 Å². The van der Waals surface area contributed by atoms with Crippen LogP contribution < -0.4 is 5.73 Å². The minimum absolute atomic E-state index is 0.244. The molecular weight excluding hydrogens is 252 g/mol. The van der Waals surface area contributed by atoms with Gasteiger partial charge in [-0.15, -0.1) is 0 Å². The highest BCUT2D eigenvalue weighted by Crippen LogP contribution is 2.05. The first-order valence-corrected chi connectivity index (χ1v) is 7.26. The molecule has 114 valence electrons. The molecule has 2 atom stereocenters. The van der Waals surface area contributed by atoms with Gasteiger partial charge >= 0.3 is 0 Å². The molecule has 0 saturated heterocycles. The van der Waals surface area contributed by atoms with Crippen LogP contribution in [0.3, 0.4) is 0 Å². The lowest BCUT2D eigenvalue weighted by Crippen LogP contribution is -2.44. The number of ether oxygens (including phenoxy) is 1. The maximum Gasteiger partial charge on any atom is 0.0820 e. The molecule has 0 heterocycles. The second-order valence-corrected chi connectivity index (χ2v) is 5.60. The van der Waals surface area contributed by atoms with E-state index in [0.717, 1.165) is 12.1 Å². The van der Waals surface area contributed by atoms with Crippen LogP contribution in [-0.4, -0.2) is 55.0 Å². The predicted molar refractivity (Wildman–Crippen MR) is 82.7 cm³/mol. The molecule has 3 N–H and O–H groups in total. The quantitative estimate of drug-likeness (QED) is 0.715. The third-order valence-electron chi connectivity index (χ3n) is 3.23. The van der Waals surface area contributed by atoms with Crippen molar-refractivity contribution in [2.24, 2.45) is 5.73 Å². The van der Waals surface area contributed by atoms with Gasteiger partial charge in [-0.05, 0) is 32.9 Å². The van der Waals surface area contributed by atoms with Gasteiger partial charge in [-0.3, -0.25) is 0 Å². The van der Waals surface area contributed by atoms with E-state index in [1.165, 1.54) is 0 Å². The van der Waals surface area contributed by atoms with E-state index >= 15 is 0 Å². The summed E-state index contributed by atoms with van der Waals surface area (Å²) < 4.78 is 5.50. The smallest absolute Gasteiger partial charge is 0.0820 e. The molecular formula is C16H28N2O2. The Labute approximate surface area is 122 Å². The van der Waals surface area contributed by atoms with Crippen molar-refractivity contribution in [2.75, 3.05) is 26.7 Å². The number of aliphatic hydroxyl groups is 1. The maximum absolute atomic E-state index is 10.2. The first kappa shape index (κ1) is 17.1. The summed E-state index contributed by atoms with van der Waals surface area (Å²) in [6.45, 7) is 6.08. The Morgan fingerprint density at radius 2 is 1.90 bits per heavy atom. The molecule has 1 rings (SSSR count). The van der Waals surface area contributed by atoms with Crippen LogP contribution in [0.2, 0.25) is 0 Å². The molecule has 0 fully saturated rings. The molecule has 0 aliphatic carbocycles. The Hall–Kier alpha value is -0.940. The zero-order valence-corrected chi connectivity index (χ0v) is 12.8. The van der Waals surface area contributed by atoms with Crippen LogP contribution in [0, 0.1) is 0 Å². The molecule has 0 spiro atoms. The highest BCUT2D eigenvalue weighted by atomic mass is 16.5. The molecule has 2 unspecified atom stereocenters. The molecule has 0 radical (unpaired) electrons. The highest BCUT2D eigenvalue weighted by Gasteiger charge is 2.17. The van der Waals surface area contributed by atoms with Crippen molar-refractivity contribution in [1.29, 1.82) is 0 Å². The number of nitrogens with two attached hydrogens (primary N) is 1. The zero-order valence-electron chi connectivity index (χ0n) is 12.8. The maximum atomic E-state index is 10.2. The number of benzene rings is 1. The number of nitrogens with zero attached hydrogens (tertiary/aromatic N) is 1. The minimum Gasteiger partial charge on any atom is -0.390 e. The lowest BCUT2D eigenvalue weighted by atomic mass is 10.0. The van der Waals surface area contributed by atoms with Crippen molar-refractivity contribution in [2.45, 2.75) is 38.5 Å². The molecule has 0 bridgehead atoms. The van der Waals surface area contributed by atoms with Crippen molar-refractivity contribution >= 4 is 0 Å². The summed E-state index contributed by atoms with van der Waals surface area (Å²) in [7, 11) is 1.97. The predicted octanol–water partition coefficient (Wildman–Crippen LogP) is 1.27. The number of likely N-dealkylation sites (N-methyl/N-ethyl adjacent to an activating group) is 1. The van der Waals surface area contributed by atoms with E-state index in [-0.39, 0.29) is 12.1 Å². The fourth-order valence-electron chi connectivity index (χ4n) is 2.01. The molecule has 0 aliphatic heterocycles. The summed E-state index contributed by atoms with van der Waals surface area (Å²) in [4.78, 5) is 2.05. The van der Waals surface area contributed by atoms with Gasteiger partial charge in [0.25, 0.3) is 0 Å². The van der Waals surface area contributed by atoms with Crippen molar-refractivity contribution in [3.05, 3.63) is 35.9 Å². The van der Waals surface area contributed by atoms with Crippen LogP contribution in [0.25, 0.3) is 0 Å². The van der Waals surface area contributed by atoms with Gasteiger partial charge in [0.2, 0.25) is 0 Å². The minimum atomic E-state index is -0.528. The largest absolute Gasteiger partial charge is 0.390 e. The molecule has 4 nitrogen and oxygen atoms in total. The van der Waals surface area contributed by atoms with Crippen LogP contribution in [0.1, 0.15) is 19.4 Å². The molecule has 0 amide bonds. The lowest BCUT2D eigenvalue weighted by Gasteiger charge is -2.25. The van der Waals surface area contributed by atoms with Crippen molar-refractivity contribution in [3.8, 4) is 0 Å². The monoisotopic (exact) mass is 280 g/mol. The Bertz CT molecular complexity index is 357. The fraction of sp³-hybridized carbons (Fsp3) is 0.625. The normalized spacial score (nSPS) is 14.8. The first-order valence-electron chi connectivity index (χ1n) is 7.26. The summed E-state index contributed by atoms with van der Waals surface area (Å²) in [5.74, 6) is 0. The van der Waals surface area contributed by atoms with Crippen molar-refractivity contribution in [1.82, 2.24) is 4.90 Å². The molecule has 20 heavy (non-hydrogen) atoms. The molecule has 0 saturated carbocycles. The number of hydrogen-bond acceptors (Lipinski definition) is 4. The second-order valence-electron chi connectivity index (χ2n) is 5.60. The zero-order chi connectivity index (χ0) is 15.0. The number of rotatable bonds is 9. The van der Waals surface area contributed by atoms with Crippen LogP contribution in [0.15, 0.2) is 30.3 Å². The average Bonchev–Trinajstić information content (AvgIpc) is 2.39. The van der Waals surface area contributed by atoms with Gasteiger partial charge in [-0.25, -0.2) is 0 Å². The molecule has 0 aromatic heterocycles. The Morgan fingerprint density at radius 1 is 1.25 bits per heavy atom. The van der Waals surface area contributed by atoms with Gasteiger partial charge in [0.05, 0.1) is 18.8 Å². The van der Waals surface area contributed by atoms with Crippen LogP contribution in [0.5, 0.6) is 0 Å².